The van der Waals surface area contributed by atoms with Gasteiger partial charge in [0.25, 0.3) is 0 Å². The highest BCUT2D eigenvalue weighted by atomic mass is 16.6. The van der Waals surface area contributed by atoms with E-state index in [-0.39, 0.29) is 6.09 Å². The van der Waals surface area contributed by atoms with E-state index >= 15 is 0 Å². The Morgan fingerprint density at radius 2 is 1.87 bits per heavy atom. The van der Waals surface area contributed by atoms with Gasteiger partial charge in [0.15, 0.2) is 5.82 Å². The number of carbonyl (C=O) groups excluding carboxylic acids is 1. The highest BCUT2D eigenvalue weighted by Crippen LogP contribution is 2.20. The zero-order valence-electron chi connectivity index (χ0n) is 13.6. The first-order valence-electron chi connectivity index (χ1n) is 7.68. The highest BCUT2D eigenvalue weighted by Gasteiger charge is 2.27. The highest BCUT2D eigenvalue weighted by molar-refractivity contribution is 5.68. The Labute approximate surface area is 135 Å². The fourth-order valence-corrected chi connectivity index (χ4v) is 2.40. The molecule has 0 bridgehead atoms. The monoisotopic (exact) mass is 312 g/mol. The van der Waals surface area contributed by atoms with E-state index in [1.807, 2.05) is 51.1 Å². The molecule has 23 heavy (non-hydrogen) atoms. The van der Waals surface area contributed by atoms with Gasteiger partial charge in [-0.05, 0) is 20.8 Å². The molecule has 0 N–H and O–H groups in total. The largest absolute Gasteiger partial charge is 0.444 e. The van der Waals surface area contributed by atoms with Crippen molar-refractivity contribution in [2.45, 2.75) is 39.3 Å². The van der Waals surface area contributed by atoms with E-state index in [1.54, 1.807) is 4.90 Å². The van der Waals surface area contributed by atoms with Crippen molar-refractivity contribution in [3.8, 4) is 11.4 Å². The van der Waals surface area contributed by atoms with Crippen molar-refractivity contribution in [1.82, 2.24) is 20.1 Å². The maximum Gasteiger partial charge on any atom is 0.410 e. The number of ether oxygens (including phenoxy) is 1. The van der Waals surface area contributed by atoms with Crippen LogP contribution in [0.3, 0.4) is 0 Å². The van der Waals surface area contributed by atoms with Gasteiger partial charge < -0.3 is 9.64 Å². The number of amides is 1. The summed E-state index contributed by atoms with van der Waals surface area (Å²) < 4.78 is 5.40. The number of carbonyl (C=O) groups is 1. The first kappa shape index (κ1) is 15.4. The minimum atomic E-state index is -0.502. The van der Waals surface area contributed by atoms with Crippen molar-refractivity contribution >= 4 is 6.09 Å². The number of hydrogen-bond acceptors (Lipinski definition) is 5. The lowest BCUT2D eigenvalue weighted by Gasteiger charge is -2.30. The third kappa shape index (κ3) is 3.64. The average Bonchev–Trinajstić information content (AvgIpc) is 2.53. The topological polar surface area (TPSA) is 68.2 Å². The molecule has 0 unspecified atom stereocenters. The zero-order chi connectivity index (χ0) is 16.4. The van der Waals surface area contributed by atoms with Crippen LogP contribution >= 0.6 is 0 Å². The van der Waals surface area contributed by atoms with Gasteiger partial charge in [-0.3, -0.25) is 0 Å². The molecule has 120 valence electrons. The maximum atomic E-state index is 12.1. The molecule has 2 heterocycles. The van der Waals surface area contributed by atoms with E-state index in [1.165, 1.54) is 0 Å². The number of rotatable bonds is 1. The van der Waals surface area contributed by atoms with E-state index in [0.29, 0.717) is 25.3 Å². The van der Waals surface area contributed by atoms with Crippen molar-refractivity contribution in [2.24, 2.45) is 0 Å². The fourth-order valence-electron chi connectivity index (χ4n) is 2.40. The molecule has 2 aromatic rings. The molecule has 0 atom stereocenters. The predicted molar refractivity (Wildman–Crippen MR) is 85.6 cm³/mol. The zero-order valence-corrected chi connectivity index (χ0v) is 13.6. The number of aromatic nitrogens is 3. The molecule has 0 aliphatic carbocycles. The number of nitrogens with zero attached hydrogens (tertiary/aromatic N) is 4. The van der Waals surface area contributed by atoms with Crippen LogP contribution in [0.25, 0.3) is 11.4 Å². The summed E-state index contributed by atoms with van der Waals surface area (Å²) in [5, 5.41) is 8.45. The van der Waals surface area contributed by atoms with Gasteiger partial charge in [-0.2, -0.15) is 0 Å². The first-order chi connectivity index (χ1) is 10.9. The Bertz CT molecular complexity index is 710. The van der Waals surface area contributed by atoms with Gasteiger partial charge in [0.05, 0.1) is 12.2 Å². The Hall–Kier alpha value is -2.50. The molecule has 6 heteroatoms. The van der Waals surface area contributed by atoms with Gasteiger partial charge >= 0.3 is 6.09 Å². The summed E-state index contributed by atoms with van der Waals surface area (Å²) in [7, 11) is 0. The standard InChI is InChI=1S/C17H20N4O2/c1-17(2,3)23-16(22)21-10-9-13-14(11-21)19-20-15(18-13)12-7-5-4-6-8-12/h4-8H,9-11H2,1-3H3. The minimum absolute atomic E-state index is 0.322. The summed E-state index contributed by atoms with van der Waals surface area (Å²) in [6, 6.07) is 9.76. The molecule has 1 amide bonds. The molecule has 1 aliphatic heterocycles. The third-order valence-corrected chi connectivity index (χ3v) is 3.48. The van der Waals surface area contributed by atoms with Crippen LogP contribution in [0.5, 0.6) is 0 Å². The summed E-state index contributed by atoms with van der Waals surface area (Å²) in [6.07, 6.45) is 0.335. The Kier molecular flexibility index (Phi) is 3.98. The average molecular weight is 312 g/mol. The number of benzene rings is 1. The molecular weight excluding hydrogens is 292 g/mol. The van der Waals surface area contributed by atoms with Crippen molar-refractivity contribution in [1.29, 1.82) is 0 Å². The van der Waals surface area contributed by atoms with Crippen LogP contribution in [-0.2, 0) is 17.7 Å². The molecule has 1 aromatic heterocycles. The van der Waals surface area contributed by atoms with Crippen LogP contribution in [0.1, 0.15) is 32.2 Å². The smallest absolute Gasteiger partial charge is 0.410 e. The second kappa shape index (κ2) is 5.95. The van der Waals surface area contributed by atoms with Crippen molar-refractivity contribution in [3.05, 3.63) is 41.7 Å². The van der Waals surface area contributed by atoms with Crippen LogP contribution in [-0.4, -0.2) is 38.3 Å². The summed E-state index contributed by atoms with van der Waals surface area (Å²) in [4.78, 5) is 18.4. The second-order valence-electron chi connectivity index (χ2n) is 6.55. The van der Waals surface area contributed by atoms with E-state index in [9.17, 15) is 4.79 Å². The lowest BCUT2D eigenvalue weighted by atomic mass is 10.1. The van der Waals surface area contributed by atoms with E-state index in [0.717, 1.165) is 17.0 Å². The molecule has 0 saturated heterocycles. The van der Waals surface area contributed by atoms with Crippen molar-refractivity contribution in [3.63, 3.8) is 0 Å². The Morgan fingerprint density at radius 1 is 1.13 bits per heavy atom. The summed E-state index contributed by atoms with van der Waals surface area (Å²) in [5.74, 6) is 0.620. The first-order valence-corrected chi connectivity index (χ1v) is 7.68. The quantitative estimate of drug-likeness (QED) is 0.810. The van der Waals surface area contributed by atoms with Crippen LogP contribution < -0.4 is 0 Å². The molecular formula is C17H20N4O2. The Morgan fingerprint density at radius 3 is 2.57 bits per heavy atom. The van der Waals surface area contributed by atoms with Gasteiger partial charge in [0, 0.05) is 18.5 Å². The number of fused-ring (bicyclic) bond motifs is 1. The van der Waals surface area contributed by atoms with Crippen LogP contribution in [0.4, 0.5) is 4.79 Å². The summed E-state index contributed by atoms with van der Waals surface area (Å²) >= 11 is 0. The normalized spacial score (nSPS) is 14.3. The summed E-state index contributed by atoms with van der Waals surface area (Å²) in [5.41, 5.74) is 2.08. The van der Waals surface area contributed by atoms with Crippen molar-refractivity contribution < 1.29 is 9.53 Å². The van der Waals surface area contributed by atoms with E-state index < -0.39 is 5.60 Å². The molecule has 1 aromatic carbocycles. The molecule has 0 saturated carbocycles. The molecule has 0 radical (unpaired) electrons. The van der Waals surface area contributed by atoms with Gasteiger partial charge in [-0.25, -0.2) is 9.78 Å². The maximum absolute atomic E-state index is 12.1. The van der Waals surface area contributed by atoms with Gasteiger partial charge in [-0.15, -0.1) is 10.2 Å². The molecule has 1 aliphatic rings. The Balaban J connectivity index is 1.77. The number of hydrogen-bond donors (Lipinski definition) is 0. The molecule has 0 spiro atoms. The third-order valence-electron chi connectivity index (χ3n) is 3.48. The summed E-state index contributed by atoms with van der Waals surface area (Å²) in [6.45, 7) is 6.54. The van der Waals surface area contributed by atoms with Crippen LogP contribution in [0.2, 0.25) is 0 Å². The van der Waals surface area contributed by atoms with E-state index in [2.05, 4.69) is 15.2 Å². The lowest BCUT2D eigenvalue weighted by molar-refractivity contribution is 0.0219. The molecule has 3 rings (SSSR count). The van der Waals surface area contributed by atoms with Gasteiger partial charge in [0.2, 0.25) is 0 Å². The van der Waals surface area contributed by atoms with Crippen LogP contribution in [0.15, 0.2) is 30.3 Å². The SMILES string of the molecule is CC(C)(C)OC(=O)N1CCc2nc(-c3ccccc3)nnc2C1. The molecule has 6 nitrogen and oxygen atoms in total. The second-order valence-corrected chi connectivity index (χ2v) is 6.55. The molecule has 0 fully saturated rings. The van der Waals surface area contributed by atoms with Gasteiger partial charge in [0.1, 0.15) is 11.3 Å². The predicted octanol–water partition coefficient (Wildman–Crippen LogP) is 2.83. The minimum Gasteiger partial charge on any atom is -0.444 e. The fraction of sp³-hybridized carbons (Fsp3) is 0.412. The van der Waals surface area contributed by atoms with Gasteiger partial charge in [-0.1, -0.05) is 30.3 Å². The lowest BCUT2D eigenvalue weighted by Crippen LogP contribution is -2.40. The van der Waals surface area contributed by atoms with E-state index in [4.69, 9.17) is 4.74 Å². The van der Waals surface area contributed by atoms with Crippen LogP contribution in [0, 0.1) is 0 Å². The van der Waals surface area contributed by atoms with Crippen molar-refractivity contribution in [2.75, 3.05) is 6.54 Å².